The van der Waals surface area contributed by atoms with Crippen molar-refractivity contribution in [3.05, 3.63) is 88.2 Å². The number of anilines is 2. The molecule has 0 aliphatic rings. The minimum atomic E-state index is -3.90. The largest absolute Gasteiger partial charge is 0.319 e. The van der Waals surface area contributed by atoms with Crippen molar-refractivity contribution in [3.63, 3.8) is 0 Å². The summed E-state index contributed by atoms with van der Waals surface area (Å²) in [5.41, 5.74) is -0.480. The molecule has 0 saturated carbocycles. The van der Waals surface area contributed by atoms with E-state index in [0.717, 1.165) is 0 Å². The first-order valence-electron chi connectivity index (χ1n) is 8.00. The van der Waals surface area contributed by atoms with Crippen molar-refractivity contribution < 1.29 is 26.4 Å². The molecular formula is C19H12BrF3N2O3S. The molecule has 0 spiro atoms. The number of benzene rings is 3. The first kappa shape index (κ1) is 20.9. The van der Waals surface area contributed by atoms with Gasteiger partial charge in [-0.3, -0.25) is 9.52 Å². The molecule has 0 aliphatic heterocycles. The molecular weight excluding hydrogens is 473 g/mol. The minimum absolute atomic E-state index is 0.0133. The zero-order valence-corrected chi connectivity index (χ0v) is 16.8. The van der Waals surface area contributed by atoms with Crippen LogP contribution in [0.4, 0.5) is 24.5 Å². The van der Waals surface area contributed by atoms with Gasteiger partial charge in [-0.15, -0.1) is 0 Å². The molecule has 3 aromatic carbocycles. The van der Waals surface area contributed by atoms with Crippen LogP contribution in [0, 0.1) is 17.5 Å². The van der Waals surface area contributed by atoms with E-state index in [2.05, 4.69) is 26.0 Å². The highest BCUT2D eigenvalue weighted by Gasteiger charge is 2.17. The van der Waals surface area contributed by atoms with Crippen molar-refractivity contribution in [1.82, 2.24) is 0 Å². The van der Waals surface area contributed by atoms with Crippen molar-refractivity contribution in [2.24, 2.45) is 0 Å². The molecule has 0 atom stereocenters. The van der Waals surface area contributed by atoms with Crippen LogP contribution in [0.1, 0.15) is 10.4 Å². The molecule has 0 aromatic heterocycles. The van der Waals surface area contributed by atoms with E-state index < -0.39 is 39.1 Å². The van der Waals surface area contributed by atoms with Crippen molar-refractivity contribution in [2.45, 2.75) is 4.90 Å². The average molecular weight is 485 g/mol. The summed E-state index contributed by atoms with van der Waals surface area (Å²) in [5.74, 6) is -4.69. The van der Waals surface area contributed by atoms with Gasteiger partial charge in [-0.05, 0) is 42.5 Å². The lowest BCUT2D eigenvalue weighted by Crippen LogP contribution is -2.16. The second kappa shape index (κ2) is 8.26. The summed E-state index contributed by atoms with van der Waals surface area (Å²) in [6, 6.07) is 12.2. The molecule has 0 radical (unpaired) electrons. The zero-order valence-electron chi connectivity index (χ0n) is 14.4. The van der Waals surface area contributed by atoms with Gasteiger partial charge in [0.15, 0.2) is 11.6 Å². The molecule has 2 N–H and O–H groups in total. The SMILES string of the molecule is O=C(Nc1cc(F)c(F)cc1F)c1cccc(NS(=O)(=O)c2ccc(Br)cc2)c1. The predicted molar refractivity (Wildman–Crippen MR) is 106 cm³/mol. The summed E-state index contributed by atoms with van der Waals surface area (Å²) >= 11 is 3.21. The monoisotopic (exact) mass is 484 g/mol. The van der Waals surface area contributed by atoms with Crippen LogP contribution in [0.5, 0.6) is 0 Å². The fourth-order valence-electron chi connectivity index (χ4n) is 2.36. The van der Waals surface area contributed by atoms with Crippen LogP contribution in [0.2, 0.25) is 0 Å². The molecule has 10 heteroatoms. The van der Waals surface area contributed by atoms with E-state index in [-0.39, 0.29) is 16.1 Å². The Morgan fingerprint density at radius 3 is 2.21 bits per heavy atom. The zero-order chi connectivity index (χ0) is 21.2. The third-order valence-electron chi connectivity index (χ3n) is 3.76. The molecule has 29 heavy (non-hydrogen) atoms. The maximum atomic E-state index is 13.7. The van der Waals surface area contributed by atoms with Gasteiger partial charge >= 0.3 is 0 Å². The van der Waals surface area contributed by atoms with E-state index in [1.165, 1.54) is 36.4 Å². The lowest BCUT2D eigenvalue weighted by molar-refractivity contribution is 0.102. The molecule has 3 rings (SSSR count). The Morgan fingerprint density at radius 2 is 1.52 bits per heavy atom. The predicted octanol–water partition coefficient (Wildman–Crippen LogP) is 4.92. The summed E-state index contributed by atoms with van der Waals surface area (Å²) in [5, 5.41) is 2.12. The van der Waals surface area contributed by atoms with Crippen LogP contribution in [0.15, 0.2) is 70.0 Å². The average Bonchev–Trinajstić information content (AvgIpc) is 2.66. The number of carbonyl (C=O) groups is 1. The molecule has 150 valence electrons. The molecule has 0 unspecified atom stereocenters. The number of hydrogen-bond acceptors (Lipinski definition) is 3. The van der Waals surface area contributed by atoms with E-state index in [1.807, 2.05) is 0 Å². The lowest BCUT2D eigenvalue weighted by atomic mass is 10.2. The van der Waals surface area contributed by atoms with Gasteiger partial charge in [-0.2, -0.15) is 0 Å². The number of rotatable bonds is 5. The standard InChI is InChI=1S/C19H12BrF3N2O3S/c20-12-4-6-14(7-5-12)29(27,28)25-13-3-1-2-11(8-13)19(26)24-18-10-16(22)15(21)9-17(18)23/h1-10,25H,(H,24,26). The number of halogens is 4. The highest BCUT2D eigenvalue weighted by molar-refractivity contribution is 9.10. The molecule has 5 nitrogen and oxygen atoms in total. The van der Waals surface area contributed by atoms with Crippen LogP contribution in [-0.4, -0.2) is 14.3 Å². The van der Waals surface area contributed by atoms with E-state index >= 15 is 0 Å². The number of carbonyl (C=O) groups excluding carboxylic acids is 1. The number of nitrogens with one attached hydrogen (secondary N) is 2. The highest BCUT2D eigenvalue weighted by Crippen LogP contribution is 2.22. The van der Waals surface area contributed by atoms with Gasteiger partial charge in [0, 0.05) is 27.9 Å². The Morgan fingerprint density at radius 1 is 0.862 bits per heavy atom. The van der Waals surface area contributed by atoms with Crippen molar-refractivity contribution >= 4 is 43.2 Å². The van der Waals surface area contributed by atoms with Crippen LogP contribution in [0.25, 0.3) is 0 Å². The maximum absolute atomic E-state index is 13.7. The van der Waals surface area contributed by atoms with Crippen LogP contribution in [0.3, 0.4) is 0 Å². The van der Waals surface area contributed by atoms with Gasteiger partial charge in [-0.25, -0.2) is 21.6 Å². The number of sulfonamides is 1. The quantitative estimate of drug-likeness (QED) is 0.504. The summed E-state index contributed by atoms with van der Waals surface area (Å²) in [6.45, 7) is 0. The Kier molecular flexibility index (Phi) is 5.94. The summed E-state index contributed by atoms with van der Waals surface area (Å²) < 4.78 is 67.9. The molecule has 0 aliphatic carbocycles. The van der Waals surface area contributed by atoms with Gasteiger partial charge < -0.3 is 5.32 Å². The van der Waals surface area contributed by atoms with Crippen molar-refractivity contribution in [3.8, 4) is 0 Å². The van der Waals surface area contributed by atoms with Gasteiger partial charge in [0.1, 0.15) is 5.82 Å². The summed E-state index contributed by atoms with van der Waals surface area (Å²) in [6.07, 6.45) is 0. The smallest absolute Gasteiger partial charge is 0.261 e. The summed E-state index contributed by atoms with van der Waals surface area (Å²) in [4.78, 5) is 12.3. The number of hydrogen-bond donors (Lipinski definition) is 2. The second-order valence-corrected chi connectivity index (χ2v) is 8.44. The molecule has 3 aromatic rings. The molecule has 0 fully saturated rings. The van der Waals surface area contributed by atoms with E-state index in [1.54, 1.807) is 12.1 Å². The molecule has 0 bridgehead atoms. The summed E-state index contributed by atoms with van der Waals surface area (Å²) in [7, 11) is -3.90. The third kappa shape index (κ3) is 4.96. The van der Waals surface area contributed by atoms with E-state index in [4.69, 9.17) is 0 Å². The number of amides is 1. The molecule has 0 heterocycles. The topological polar surface area (TPSA) is 75.3 Å². The van der Waals surface area contributed by atoms with Gasteiger partial charge in [0.05, 0.1) is 10.6 Å². The van der Waals surface area contributed by atoms with Crippen LogP contribution >= 0.6 is 15.9 Å². The lowest BCUT2D eigenvalue weighted by Gasteiger charge is -2.11. The van der Waals surface area contributed by atoms with Gasteiger partial charge in [0.25, 0.3) is 15.9 Å². The van der Waals surface area contributed by atoms with E-state index in [0.29, 0.717) is 16.6 Å². The molecule has 0 saturated heterocycles. The Hall–Kier alpha value is -2.85. The maximum Gasteiger partial charge on any atom is 0.261 e. The van der Waals surface area contributed by atoms with Crippen LogP contribution in [-0.2, 0) is 10.0 Å². The first-order chi connectivity index (χ1) is 13.7. The Labute approximate surface area is 172 Å². The minimum Gasteiger partial charge on any atom is -0.319 e. The van der Waals surface area contributed by atoms with Gasteiger partial charge in [-0.1, -0.05) is 22.0 Å². The Balaban J connectivity index is 1.81. The van der Waals surface area contributed by atoms with Gasteiger partial charge in [0.2, 0.25) is 0 Å². The fourth-order valence-corrected chi connectivity index (χ4v) is 3.68. The highest BCUT2D eigenvalue weighted by atomic mass is 79.9. The second-order valence-electron chi connectivity index (χ2n) is 5.84. The first-order valence-corrected chi connectivity index (χ1v) is 10.3. The third-order valence-corrected chi connectivity index (χ3v) is 5.68. The van der Waals surface area contributed by atoms with Crippen LogP contribution < -0.4 is 10.0 Å². The Bertz CT molecular complexity index is 1190. The van der Waals surface area contributed by atoms with Crippen molar-refractivity contribution in [2.75, 3.05) is 10.0 Å². The van der Waals surface area contributed by atoms with Crippen molar-refractivity contribution in [1.29, 1.82) is 0 Å². The molecule has 1 amide bonds. The normalized spacial score (nSPS) is 11.2. The fraction of sp³-hybridized carbons (Fsp3) is 0. The van der Waals surface area contributed by atoms with E-state index in [9.17, 15) is 26.4 Å².